The highest BCUT2D eigenvalue weighted by Crippen LogP contribution is 2.30. The predicted octanol–water partition coefficient (Wildman–Crippen LogP) is 3.15. The van der Waals surface area contributed by atoms with Crippen molar-refractivity contribution >= 4 is 23.2 Å². The van der Waals surface area contributed by atoms with E-state index in [4.69, 9.17) is 5.73 Å². The number of hydrogen-bond donors (Lipinski definition) is 2. The fourth-order valence-corrected chi connectivity index (χ4v) is 1.72. The number of benzene rings is 2. The lowest BCUT2D eigenvalue weighted by molar-refractivity contribution is 0.481. The third kappa shape index (κ3) is 2.03. The van der Waals surface area contributed by atoms with Crippen LogP contribution in [0.4, 0.5) is 0 Å². The Morgan fingerprint density at radius 1 is 1.12 bits per heavy atom. The zero-order valence-corrected chi connectivity index (χ0v) is 9.58. The van der Waals surface area contributed by atoms with Gasteiger partial charge in [0.05, 0.1) is 0 Å². The van der Waals surface area contributed by atoms with E-state index in [1.54, 1.807) is 12.1 Å². The molecule has 1 atom stereocenters. The first-order chi connectivity index (χ1) is 7.24. The molecule has 0 radical (unpaired) electrons. The van der Waals surface area contributed by atoms with Gasteiger partial charge in [0.25, 0.3) is 0 Å². The molecule has 0 unspecified atom stereocenters. The van der Waals surface area contributed by atoms with Crippen LogP contribution < -0.4 is 5.73 Å². The van der Waals surface area contributed by atoms with Gasteiger partial charge in [0.15, 0.2) is 0 Å². The Kier molecular flexibility index (Phi) is 3.93. The first kappa shape index (κ1) is 12.6. The summed E-state index contributed by atoms with van der Waals surface area (Å²) in [5.74, 6) is 0.283. The monoisotopic (exact) mass is 235 g/mol. The summed E-state index contributed by atoms with van der Waals surface area (Å²) in [7, 11) is 0. The second-order valence-corrected chi connectivity index (χ2v) is 3.48. The normalized spacial score (nSPS) is 11.8. The Balaban J connectivity index is 0.00000128. The van der Waals surface area contributed by atoms with E-state index in [2.05, 4.69) is 6.58 Å². The Morgan fingerprint density at radius 2 is 1.75 bits per heavy atom. The number of phenolic OH excluding ortho intramolecular Hbond substituents is 1. The van der Waals surface area contributed by atoms with Crippen LogP contribution in [0.2, 0.25) is 0 Å². The standard InChI is InChI=1S/C13H13NO.ClH/c1-2-12(14)10-7-8-13(15)11-6-4-3-5-9(10)11;/h2-8,12,15H,1,14H2;1H/t12-;/m0./s1. The third-order valence-corrected chi connectivity index (χ3v) is 2.55. The van der Waals surface area contributed by atoms with Gasteiger partial charge in [-0.3, -0.25) is 0 Å². The van der Waals surface area contributed by atoms with Crippen molar-refractivity contribution in [2.75, 3.05) is 0 Å². The first-order valence-corrected chi connectivity index (χ1v) is 4.83. The predicted molar refractivity (Wildman–Crippen MR) is 70.0 cm³/mol. The van der Waals surface area contributed by atoms with Crippen LogP contribution in [0.5, 0.6) is 5.75 Å². The van der Waals surface area contributed by atoms with E-state index in [1.807, 2.05) is 30.3 Å². The molecule has 0 bridgehead atoms. The minimum atomic E-state index is -0.199. The Morgan fingerprint density at radius 3 is 2.38 bits per heavy atom. The van der Waals surface area contributed by atoms with E-state index < -0.39 is 0 Å². The average molecular weight is 236 g/mol. The molecule has 0 aliphatic heterocycles. The van der Waals surface area contributed by atoms with Crippen molar-refractivity contribution in [3.63, 3.8) is 0 Å². The first-order valence-electron chi connectivity index (χ1n) is 4.83. The van der Waals surface area contributed by atoms with Crippen molar-refractivity contribution in [3.05, 3.63) is 54.6 Å². The third-order valence-electron chi connectivity index (χ3n) is 2.55. The van der Waals surface area contributed by atoms with Crippen molar-refractivity contribution < 1.29 is 5.11 Å². The van der Waals surface area contributed by atoms with Crippen molar-refractivity contribution in [1.82, 2.24) is 0 Å². The highest BCUT2D eigenvalue weighted by atomic mass is 35.5. The van der Waals surface area contributed by atoms with E-state index in [0.29, 0.717) is 0 Å². The van der Waals surface area contributed by atoms with Crippen molar-refractivity contribution in [1.29, 1.82) is 0 Å². The van der Waals surface area contributed by atoms with Crippen LogP contribution in [0.3, 0.4) is 0 Å². The van der Waals surface area contributed by atoms with Gasteiger partial charge >= 0.3 is 0 Å². The molecule has 0 heterocycles. The summed E-state index contributed by atoms with van der Waals surface area (Å²) < 4.78 is 0. The van der Waals surface area contributed by atoms with E-state index >= 15 is 0 Å². The van der Waals surface area contributed by atoms with Crippen LogP contribution in [0.25, 0.3) is 10.8 Å². The molecule has 0 saturated carbocycles. The molecule has 0 aliphatic carbocycles. The van der Waals surface area contributed by atoms with E-state index in [9.17, 15) is 5.11 Å². The SMILES string of the molecule is C=C[C@H](N)c1ccc(O)c2ccccc12.Cl. The Hall–Kier alpha value is -1.51. The lowest BCUT2D eigenvalue weighted by atomic mass is 9.99. The second-order valence-electron chi connectivity index (χ2n) is 3.48. The summed E-state index contributed by atoms with van der Waals surface area (Å²) >= 11 is 0. The number of halogens is 1. The van der Waals surface area contributed by atoms with Crippen LogP contribution in [-0.2, 0) is 0 Å². The second kappa shape index (κ2) is 5.01. The minimum Gasteiger partial charge on any atom is -0.507 e. The molecule has 3 heteroatoms. The van der Waals surface area contributed by atoms with Crippen LogP contribution in [0.15, 0.2) is 49.1 Å². The maximum Gasteiger partial charge on any atom is 0.123 e. The zero-order chi connectivity index (χ0) is 10.8. The fourth-order valence-electron chi connectivity index (χ4n) is 1.72. The van der Waals surface area contributed by atoms with Gasteiger partial charge < -0.3 is 10.8 Å². The van der Waals surface area contributed by atoms with E-state index in [1.165, 1.54) is 0 Å². The molecule has 16 heavy (non-hydrogen) atoms. The Bertz CT molecular complexity index is 510. The number of phenols is 1. The lowest BCUT2D eigenvalue weighted by Gasteiger charge is -2.11. The summed E-state index contributed by atoms with van der Waals surface area (Å²) in [6, 6.07) is 11.0. The summed E-state index contributed by atoms with van der Waals surface area (Å²) in [5, 5.41) is 11.5. The van der Waals surface area contributed by atoms with Gasteiger partial charge in [0.1, 0.15) is 5.75 Å². The molecule has 0 spiro atoms. The van der Waals surface area contributed by atoms with Crippen molar-refractivity contribution in [3.8, 4) is 5.75 Å². The number of fused-ring (bicyclic) bond motifs is 1. The topological polar surface area (TPSA) is 46.2 Å². The van der Waals surface area contributed by atoms with Crippen LogP contribution in [0, 0.1) is 0 Å². The summed E-state index contributed by atoms with van der Waals surface area (Å²) in [6.45, 7) is 3.68. The smallest absolute Gasteiger partial charge is 0.123 e. The molecule has 2 aromatic rings. The molecule has 0 aromatic heterocycles. The van der Waals surface area contributed by atoms with Gasteiger partial charge in [-0.05, 0) is 17.0 Å². The highest BCUT2D eigenvalue weighted by molar-refractivity contribution is 5.91. The van der Waals surface area contributed by atoms with Crippen LogP contribution in [0.1, 0.15) is 11.6 Å². The number of aromatic hydroxyl groups is 1. The van der Waals surface area contributed by atoms with Gasteiger partial charge in [-0.15, -0.1) is 19.0 Å². The largest absolute Gasteiger partial charge is 0.507 e. The van der Waals surface area contributed by atoms with Gasteiger partial charge in [-0.1, -0.05) is 36.4 Å². The molecule has 2 rings (SSSR count). The van der Waals surface area contributed by atoms with Gasteiger partial charge in [-0.25, -0.2) is 0 Å². The maximum absolute atomic E-state index is 9.68. The van der Waals surface area contributed by atoms with Gasteiger partial charge in [0.2, 0.25) is 0 Å². The average Bonchev–Trinajstić information content (AvgIpc) is 2.29. The summed E-state index contributed by atoms with van der Waals surface area (Å²) in [5.41, 5.74) is 6.90. The quantitative estimate of drug-likeness (QED) is 0.786. The summed E-state index contributed by atoms with van der Waals surface area (Å²) in [4.78, 5) is 0. The fraction of sp³-hybridized carbons (Fsp3) is 0.0769. The van der Waals surface area contributed by atoms with E-state index in [-0.39, 0.29) is 24.2 Å². The van der Waals surface area contributed by atoms with Crippen molar-refractivity contribution in [2.24, 2.45) is 5.73 Å². The molecule has 2 nitrogen and oxygen atoms in total. The molecule has 84 valence electrons. The maximum atomic E-state index is 9.68. The number of hydrogen-bond acceptors (Lipinski definition) is 2. The van der Waals surface area contributed by atoms with Crippen LogP contribution in [-0.4, -0.2) is 5.11 Å². The number of nitrogens with two attached hydrogens (primary N) is 1. The minimum absolute atomic E-state index is 0. The highest BCUT2D eigenvalue weighted by Gasteiger charge is 2.08. The van der Waals surface area contributed by atoms with E-state index in [0.717, 1.165) is 16.3 Å². The zero-order valence-electron chi connectivity index (χ0n) is 8.76. The molecule has 3 N–H and O–H groups in total. The molecule has 2 aromatic carbocycles. The lowest BCUT2D eigenvalue weighted by Crippen LogP contribution is -2.06. The molecule has 0 aliphatic rings. The van der Waals surface area contributed by atoms with Crippen molar-refractivity contribution in [2.45, 2.75) is 6.04 Å². The molecular formula is C13H14ClNO. The van der Waals surface area contributed by atoms with Crippen LogP contribution >= 0.6 is 12.4 Å². The molecule has 0 fully saturated rings. The molecule has 0 amide bonds. The van der Waals surface area contributed by atoms with Gasteiger partial charge in [0, 0.05) is 11.4 Å². The molecule has 0 saturated heterocycles. The Labute approximate surface area is 101 Å². The van der Waals surface area contributed by atoms with Gasteiger partial charge in [-0.2, -0.15) is 0 Å². The molecular weight excluding hydrogens is 222 g/mol. The number of rotatable bonds is 2. The summed E-state index contributed by atoms with van der Waals surface area (Å²) in [6.07, 6.45) is 1.69.